The van der Waals surface area contributed by atoms with Gasteiger partial charge in [0.15, 0.2) is 0 Å². The Morgan fingerprint density at radius 2 is 1.87 bits per heavy atom. The summed E-state index contributed by atoms with van der Waals surface area (Å²) < 4.78 is 5.22. The maximum atomic E-state index is 5.22. The van der Waals surface area contributed by atoms with Crippen LogP contribution in [0.5, 0.6) is 0 Å². The third kappa shape index (κ3) is 3.76. The smallest absolute Gasteiger partial charge is 0.263 e. The summed E-state index contributed by atoms with van der Waals surface area (Å²) in [6.07, 6.45) is 6.68. The molecular formula is C22H18N8O. The van der Waals surface area contributed by atoms with E-state index < -0.39 is 0 Å². The number of hydrogen-bond donors (Lipinski definition) is 2. The summed E-state index contributed by atoms with van der Waals surface area (Å²) in [4.78, 5) is 21.6. The van der Waals surface area contributed by atoms with Gasteiger partial charge in [0.25, 0.3) is 5.71 Å². The number of aryl methyl sites for hydroxylation is 2. The summed E-state index contributed by atoms with van der Waals surface area (Å²) in [5, 5.41) is 11.4. The zero-order valence-corrected chi connectivity index (χ0v) is 16.9. The van der Waals surface area contributed by atoms with Crippen LogP contribution in [0.4, 0.5) is 23.1 Å². The summed E-state index contributed by atoms with van der Waals surface area (Å²) in [6.45, 7) is 3.87. The second-order valence-electron chi connectivity index (χ2n) is 6.96. The lowest BCUT2D eigenvalue weighted by molar-refractivity contribution is 0.442. The highest BCUT2D eigenvalue weighted by Crippen LogP contribution is 2.29. The van der Waals surface area contributed by atoms with E-state index in [1.807, 2.05) is 50.2 Å². The molecule has 0 saturated carbocycles. The Morgan fingerprint density at radius 3 is 2.74 bits per heavy atom. The Kier molecular flexibility index (Phi) is 4.68. The molecule has 9 heteroatoms. The molecule has 0 spiro atoms. The number of anilines is 4. The zero-order chi connectivity index (χ0) is 21.2. The Labute approximate surface area is 177 Å². The molecule has 0 unspecified atom stereocenters. The second-order valence-corrected chi connectivity index (χ2v) is 6.96. The van der Waals surface area contributed by atoms with Crippen LogP contribution < -0.4 is 10.6 Å². The standard InChI is InChI=1S/C22H18N8O/c1-13-5-6-16(27-20-19-14(2)30-31-21(19)26-12-25-20)10-18(13)29-22-24-9-7-17(28-22)15-4-3-8-23-11-15/h3-12H,1-2H3,(H,24,28,29)(H,25,26,27). The first-order chi connectivity index (χ1) is 15.2. The summed E-state index contributed by atoms with van der Waals surface area (Å²) in [6, 6.07) is 11.7. The number of aromatic nitrogens is 6. The van der Waals surface area contributed by atoms with Gasteiger partial charge >= 0.3 is 0 Å². The predicted molar refractivity (Wildman–Crippen MR) is 117 cm³/mol. The normalized spacial score (nSPS) is 10.9. The van der Waals surface area contributed by atoms with Crippen molar-refractivity contribution in [2.24, 2.45) is 0 Å². The van der Waals surface area contributed by atoms with E-state index in [0.29, 0.717) is 17.5 Å². The molecule has 0 atom stereocenters. The number of benzene rings is 1. The molecule has 152 valence electrons. The van der Waals surface area contributed by atoms with Crippen molar-refractivity contribution >= 4 is 34.2 Å². The fourth-order valence-electron chi connectivity index (χ4n) is 3.20. The molecule has 0 aliphatic rings. The molecule has 0 amide bonds. The average molecular weight is 410 g/mol. The predicted octanol–water partition coefficient (Wildman–Crippen LogP) is 4.57. The van der Waals surface area contributed by atoms with Crippen molar-refractivity contribution < 1.29 is 4.52 Å². The minimum Gasteiger partial charge on any atom is -0.339 e. The number of nitrogens with zero attached hydrogens (tertiary/aromatic N) is 6. The van der Waals surface area contributed by atoms with Gasteiger partial charge in [-0.15, -0.1) is 0 Å². The number of nitrogens with one attached hydrogen (secondary N) is 2. The lowest BCUT2D eigenvalue weighted by Crippen LogP contribution is -2.01. The first-order valence-corrected chi connectivity index (χ1v) is 9.62. The van der Waals surface area contributed by atoms with Crippen LogP contribution in [0.1, 0.15) is 11.3 Å². The molecule has 2 N–H and O–H groups in total. The Bertz CT molecular complexity index is 1370. The van der Waals surface area contributed by atoms with Gasteiger partial charge in [-0.25, -0.2) is 15.0 Å². The molecule has 0 aliphatic carbocycles. The fraction of sp³-hybridized carbons (Fsp3) is 0.0909. The minimum atomic E-state index is 0.445. The molecule has 0 saturated heterocycles. The van der Waals surface area contributed by atoms with E-state index in [-0.39, 0.29) is 0 Å². The molecule has 0 aliphatic heterocycles. The van der Waals surface area contributed by atoms with Gasteiger partial charge in [0.2, 0.25) is 5.95 Å². The first-order valence-electron chi connectivity index (χ1n) is 9.62. The third-order valence-electron chi connectivity index (χ3n) is 4.80. The van der Waals surface area contributed by atoms with Crippen LogP contribution in [0, 0.1) is 13.8 Å². The Morgan fingerprint density at radius 1 is 0.935 bits per heavy atom. The molecular weight excluding hydrogens is 392 g/mol. The van der Waals surface area contributed by atoms with Gasteiger partial charge in [-0.1, -0.05) is 11.2 Å². The van der Waals surface area contributed by atoms with Gasteiger partial charge in [0.05, 0.1) is 11.4 Å². The number of pyridine rings is 1. The van der Waals surface area contributed by atoms with Crippen molar-refractivity contribution in [2.75, 3.05) is 10.6 Å². The molecule has 5 rings (SSSR count). The van der Waals surface area contributed by atoms with E-state index in [9.17, 15) is 0 Å². The van der Waals surface area contributed by atoms with Crippen molar-refractivity contribution in [3.8, 4) is 11.3 Å². The lowest BCUT2D eigenvalue weighted by Gasteiger charge is -2.12. The van der Waals surface area contributed by atoms with Crippen molar-refractivity contribution in [1.82, 2.24) is 30.1 Å². The lowest BCUT2D eigenvalue weighted by atomic mass is 10.1. The number of fused-ring (bicyclic) bond motifs is 1. The van der Waals surface area contributed by atoms with E-state index in [1.54, 1.807) is 18.6 Å². The molecule has 4 aromatic heterocycles. The van der Waals surface area contributed by atoms with Gasteiger partial charge < -0.3 is 15.2 Å². The van der Waals surface area contributed by atoms with Crippen LogP contribution >= 0.6 is 0 Å². The zero-order valence-electron chi connectivity index (χ0n) is 16.9. The molecule has 1 aromatic carbocycles. The molecule has 0 bridgehead atoms. The van der Waals surface area contributed by atoms with Crippen molar-refractivity contribution in [1.29, 1.82) is 0 Å². The van der Waals surface area contributed by atoms with Gasteiger partial charge in [0, 0.05) is 35.5 Å². The van der Waals surface area contributed by atoms with Crippen molar-refractivity contribution in [3.63, 3.8) is 0 Å². The van der Waals surface area contributed by atoms with E-state index in [2.05, 4.69) is 40.7 Å². The van der Waals surface area contributed by atoms with Crippen molar-refractivity contribution in [3.05, 3.63) is 72.6 Å². The van der Waals surface area contributed by atoms with E-state index in [1.165, 1.54) is 6.33 Å². The van der Waals surface area contributed by atoms with E-state index >= 15 is 0 Å². The molecule has 9 nitrogen and oxygen atoms in total. The second kappa shape index (κ2) is 7.79. The minimum absolute atomic E-state index is 0.445. The number of rotatable bonds is 5. The first kappa shape index (κ1) is 18.6. The molecule has 0 radical (unpaired) electrons. The molecule has 0 fully saturated rings. The third-order valence-corrected chi connectivity index (χ3v) is 4.80. The van der Waals surface area contributed by atoms with Crippen LogP contribution in [0.25, 0.3) is 22.4 Å². The summed E-state index contributed by atoms with van der Waals surface area (Å²) >= 11 is 0. The quantitative estimate of drug-likeness (QED) is 0.430. The van der Waals surface area contributed by atoms with E-state index in [4.69, 9.17) is 4.52 Å². The maximum Gasteiger partial charge on any atom is 0.263 e. The van der Waals surface area contributed by atoms with Crippen LogP contribution in [0.15, 0.2) is 65.8 Å². The highest BCUT2D eigenvalue weighted by molar-refractivity contribution is 5.89. The average Bonchev–Trinajstić information content (AvgIpc) is 3.19. The topological polar surface area (TPSA) is 115 Å². The highest BCUT2D eigenvalue weighted by atomic mass is 16.5. The van der Waals surface area contributed by atoms with E-state index in [0.717, 1.165) is 39.3 Å². The van der Waals surface area contributed by atoms with Crippen LogP contribution in [0.3, 0.4) is 0 Å². The molecule has 4 heterocycles. The molecule has 5 aromatic rings. The van der Waals surface area contributed by atoms with Crippen LogP contribution in [0.2, 0.25) is 0 Å². The fourth-order valence-corrected chi connectivity index (χ4v) is 3.20. The summed E-state index contributed by atoms with van der Waals surface area (Å²) in [5.41, 5.74) is 5.67. The Hall–Kier alpha value is -4.40. The van der Waals surface area contributed by atoms with Crippen molar-refractivity contribution in [2.45, 2.75) is 13.8 Å². The van der Waals surface area contributed by atoms with Gasteiger partial charge in [-0.05, 0) is 49.7 Å². The summed E-state index contributed by atoms with van der Waals surface area (Å²) in [7, 11) is 0. The van der Waals surface area contributed by atoms with Gasteiger partial charge in [-0.2, -0.15) is 4.98 Å². The van der Waals surface area contributed by atoms with Crippen LogP contribution in [-0.2, 0) is 0 Å². The van der Waals surface area contributed by atoms with Gasteiger partial charge in [0.1, 0.15) is 17.5 Å². The largest absolute Gasteiger partial charge is 0.339 e. The maximum absolute atomic E-state index is 5.22. The van der Waals surface area contributed by atoms with Crippen LogP contribution in [-0.4, -0.2) is 30.1 Å². The SMILES string of the molecule is Cc1ccc(Nc2ncnc3onc(C)c23)cc1Nc1nccc(-c2cccnc2)n1. The highest BCUT2D eigenvalue weighted by Gasteiger charge is 2.13. The monoisotopic (exact) mass is 410 g/mol. The summed E-state index contributed by atoms with van der Waals surface area (Å²) in [5.74, 6) is 1.13. The molecule has 31 heavy (non-hydrogen) atoms. The number of hydrogen-bond acceptors (Lipinski definition) is 9. The Balaban J connectivity index is 1.44. The van der Waals surface area contributed by atoms with Gasteiger partial charge in [-0.3, -0.25) is 4.98 Å².